The van der Waals surface area contributed by atoms with E-state index in [2.05, 4.69) is 10.2 Å². The molecule has 5 aromatic rings. The van der Waals surface area contributed by atoms with Crippen LogP contribution in [-0.2, 0) is 19.6 Å². The fourth-order valence-electron chi connectivity index (χ4n) is 4.83. The Kier molecular flexibility index (Phi) is 9.24. The van der Waals surface area contributed by atoms with Gasteiger partial charge in [-0.25, -0.2) is 4.39 Å². The van der Waals surface area contributed by atoms with Crippen molar-refractivity contribution in [3.8, 4) is 5.75 Å². The molecule has 208 valence electrons. The number of nitrogens with one attached hydrogen (secondary N) is 1. The zero-order valence-corrected chi connectivity index (χ0v) is 23.0. The Morgan fingerprint density at radius 3 is 2.07 bits per heavy atom. The van der Waals surface area contributed by atoms with E-state index >= 15 is 0 Å². The van der Waals surface area contributed by atoms with Gasteiger partial charge in [0.25, 0.3) is 5.91 Å². The summed E-state index contributed by atoms with van der Waals surface area (Å²) in [4.78, 5) is 15.5. The third-order valence-electron chi connectivity index (χ3n) is 6.74. The maximum Gasteiger partial charge on any atom is 0.287 e. The molecular formula is C35H33FN2O3. The van der Waals surface area contributed by atoms with Crippen molar-refractivity contribution in [1.29, 1.82) is 0 Å². The summed E-state index contributed by atoms with van der Waals surface area (Å²) in [6.07, 6.45) is 0. The first-order valence-corrected chi connectivity index (χ1v) is 13.8. The van der Waals surface area contributed by atoms with E-state index in [4.69, 9.17) is 9.15 Å². The molecule has 1 aromatic heterocycles. The third kappa shape index (κ3) is 7.71. The maximum atomic E-state index is 13.9. The number of hydrogen-bond donors (Lipinski definition) is 1. The molecule has 5 rings (SSSR count). The van der Waals surface area contributed by atoms with Crippen molar-refractivity contribution >= 4 is 5.91 Å². The number of carbonyl (C=O) groups excluding carboxylic acids is 1. The highest BCUT2D eigenvalue weighted by Gasteiger charge is 2.20. The molecular weight excluding hydrogens is 515 g/mol. The smallest absolute Gasteiger partial charge is 0.287 e. The van der Waals surface area contributed by atoms with Crippen LogP contribution in [0.2, 0.25) is 0 Å². The topological polar surface area (TPSA) is 54.7 Å². The van der Waals surface area contributed by atoms with E-state index in [1.54, 1.807) is 18.2 Å². The molecule has 4 aromatic carbocycles. The van der Waals surface area contributed by atoms with Crippen molar-refractivity contribution in [1.82, 2.24) is 10.2 Å². The summed E-state index contributed by atoms with van der Waals surface area (Å²) in [7, 11) is 0. The molecule has 1 heterocycles. The van der Waals surface area contributed by atoms with Gasteiger partial charge in [0.2, 0.25) is 0 Å². The fraction of sp³-hybridized carbons (Fsp3) is 0.171. The summed E-state index contributed by atoms with van der Waals surface area (Å²) in [5, 5.41) is 3.13. The Hall–Kier alpha value is -4.68. The summed E-state index contributed by atoms with van der Waals surface area (Å²) < 4.78 is 25.6. The van der Waals surface area contributed by atoms with Crippen molar-refractivity contribution in [3.63, 3.8) is 0 Å². The Morgan fingerprint density at radius 2 is 1.44 bits per heavy atom. The standard InChI is InChI=1S/C35H33FN2O3/c1-2-40-31-18-16-26(17-19-31)23-38(24-27-10-9-15-30(36)22-27)25-32-20-21-33(41-32)35(39)37-34(28-11-5-3-6-12-28)29-13-7-4-8-14-29/h3-22,34H,2,23-25H2,1H3,(H,37,39). The van der Waals surface area contributed by atoms with Crippen LogP contribution in [0.15, 0.2) is 126 Å². The average molecular weight is 549 g/mol. The number of amides is 1. The second kappa shape index (κ2) is 13.6. The normalized spacial score (nSPS) is 11.1. The first kappa shape index (κ1) is 27.9. The largest absolute Gasteiger partial charge is 0.494 e. The van der Waals surface area contributed by atoms with Crippen LogP contribution >= 0.6 is 0 Å². The number of hydrogen-bond acceptors (Lipinski definition) is 4. The van der Waals surface area contributed by atoms with Crippen molar-refractivity contribution in [3.05, 3.63) is 161 Å². The Labute approximate surface area is 240 Å². The summed E-state index contributed by atoms with van der Waals surface area (Å²) in [5.41, 5.74) is 3.91. The highest BCUT2D eigenvalue weighted by molar-refractivity contribution is 5.92. The molecule has 6 heteroatoms. The van der Waals surface area contributed by atoms with Crippen molar-refractivity contribution < 1.29 is 18.3 Å². The van der Waals surface area contributed by atoms with E-state index in [9.17, 15) is 9.18 Å². The molecule has 0 radical (unpaired) electrons. The molecule has 0 spiro atoms. The van der Waals surface area contributed by atoms with Gasteiger partial charge in [-0.1, -0.05) is 84.9 Å². The minimum absolute atomic E-state index is 0.239. The van der Waals surface area contributed by atoms with Gasteiger partial charge in [0.1, 0.15) is 17.3 Å². The number of ether oxygens (including phenoxy) is 1. The molecule has 0 aliphatic heterocycles. The monoisotopic (exact) mass is 548 g/mol. The van der Waals surface area contributed by atoms with Crippen LogP contribution in [0, 0.1) is 5.82 Å². The number of carbonyl (C=O) groups is 1. The van der Waals surface area contributed by atoms with Crippen molar-refractivity contribution in [2.24, 2.45) is 0 Å². The first-order valence-electron chi connectivity index (χ1n) is 13.8. The Morgan fingerprint density at radius 1 is 0.780 bits per heavy atom. The second-order valence-electron chi connectivity index (χ2n) is 9.85. The first-order chi connectivity index (χ1) is 20.1. The number of rotatable bonds is 12. The van der Waals surface area contributed by atoms with Gasteiger partial charge in [-0.15, -0.1) is 0 Å². The van der Waals surface area contributed by atoms with E-state index < -0.39 is 0 Å². The molecule has 0 fully saturated rings. The van der Waals surface area contributed by atoms with Gasteiger partial charge in [0.15, 0.2) is 5.76 Å². The second-order valence-corrected chi connectivity index (χ2v) is 9.85. The van der Waals surface area contributed by atoms with E-state index in [1.165, 1.54) is 6.07 Å². The molecule has 0 saturated carbocycles. The molecule has 0 unspecified atom stereocenters. The van der Waals surface area contributed by atoms with Gasteiger partial charge >= 0.3 is 0 Å². The van der Waals surface area contributed by atoms with Gasteiger partial charge in [-0.3, -0.25) is 9.69 Å². The number of halogens is 1. The van der Waals surface area contributed by atoms with Crippen LogP contribution in [0.4, 0.5) is 4.39 Å². The van der Waals surface area contributed by atoms with Crippen molar-refractivity contribution in [2.75, 3.05) is 6.61 Å². The average Bonchev–Trinajstić information content (AvgIpc) is 3.46. The van der Waals surface area contributed by atoms with E-state index in [-0.39, 0.29) is 23.5 Å². The molecule has 0 saturated heterocycles. The van der Waals surface area contributed by atoms with Crippen LogP contribution in [0.3, 0.4) is 0 Å². The van der Waals surface area contributed by atoms with Gasteiger partial charge in [0.05, 0.1) is 19.2 Å². The molecule has 41 heavy (non-hydrogen) atoms. The summed E-state index contributed by atoms with van der Waals surface area (Å²) in [6, 6.07) is 37.5. The SMILES string of the molecule is CCOc1ccc(CN(Cc2cccc(F)c2)Cc2ccc(C(=O)NC(c3ccccc3)c3ccccc3)o2)cc1. The van der Waals surface area contributed by atoms with Crippen LogP contribution in [-0.4, -0.2) is 17.4 Å². The van der Waals surface area contributed by atoms with Gasteiger partial charge in [0, 0.05) is 13.1 Å². The van der Waals surface area contributed by atoms with Gasteiger partial charge in [-0.05, 0) is 65.6 Å². The Balaban J connectivity index is 1.32. The number of furan rings is 1. The summed E-state index contributed by atoms with van der Waals surface area (Å²) in [5.74, 6) is 1.14. The van der Waals surface area contributed by atoms with Crippen LogP contribution in [0.5, 0.6) is 5.75 Å². The lowest BCUT2D eigenvalue weighted by Gasteiger charge is -2.22. The lowest BCUT2D eigenvalue weighted by Crippen LogP contribution is -2.29. The molecule has 0 atom stereocenters. The predicted octanol–water partition coefficient (Wildman–Crippen LogP) is 7.54. The molecule has 0 aliphatic rings. The number of nitrogens with zero attached hydrogens (tertiary/aromatic N) is 1. The summed E-state index contributed by atoms with van der Waals surface area (Å²) >= 11 is 0. The van der Waals surface area contributed by atoms with Crippen LogP contribution < -0.4 is 10.1 Å². The van der Waals surface area contributed by atoms with Crippen LogP contribution in [0.1, 0.15) is 51.5 Å². The molecule has 5 nitrogen and oxygen atoms in total. The molecule has 1 N–H and O–H groups in total. The summed E-state index contributed by atoms with van der Waals surface area (Å²) in [6.45, 7) is 4.12. The highest BCUT2D eigenvalue weighted by Crippen LogP contribution is 2.24. The van der Waals surface area contributed by atoms with Crippen LogP contribution in [0.25, 0.3) is 0 Å². The zero-order valence-electron chi connectivity index (χ0n) is 23.0. The molecule has 0 bridgehead atoms. The zero-order chi connectivity index (χ0) is 28.4. The minimum Gasteiger partial charge on any atom is -0.494 e. The predicted molar refractivity (Wildman–Crippen MR) is 158 cm³/mol. The quantitative estimate of drug-likeness (QED) is 0.175. The van der Waals surface area contributed by atoms with E-state index in [0.717, 1.165) is 28.0 Å². The molecule has 1 amide bonds. The number of benzene rings is 4. The Bertz CT molecular complexity index is 1500. The molecule has 0 aliphatic carbocycles. The lowest BCUT2D eigenvalue weighted by molar-refractivity contribution is 0.0910. The fourth-order valence-corrected chi connectivity index (χ4v) is 4.83. The van der Waals surface area contributed by atoms with Gasteiger partial charge < -0.3 is 14.5 Å². The van der Waals surface area contributed by atoms with Gasteiger partial charge in [-0.2, -0.15) is 0 Å². The van der Waals surface area contributed by atoms with E-state index in [1.807, 2.05) is 104 Å². The van der Waals surface area contributed by atoms with Crippen molar-refractivity contribution in [2.45, 2.75) is 32.6 Å². The minimum atomic E-state index is -0.317. The highest BCUT2D eigenvalue weighted by atomic mass is 19.1. The van der Waals surface area contributed by atoms with E-state index in [0.29, 0.717) is 32.0 Å². The maximum absolute atomic E-state index is 13.9. The third-order valence-corrected chi connectivity index (χ3v) is 6.74. The lowest BCUT2D eigenvalue weighted by atomic mass is 9.98.